The molecule has 2 atom stereocenters. The number of rotatable bonds is 6. The van der Waals surface area contributed by atoms with Crippen LogP contribution in [0.25, 0.3) is 11.0 Å². The first-order chi connectivity index (χ1) is 15.6. The maximum atomic E-state index is 12.3. The molecule has 1 aromatic carbocycles. The topological polar surface area (TPSA) is 121 Å². The number of aromatic nitrogens is 4. The molecule has 0 bridgehead atoms. The summed E-state index contributed by atoms with van der Waals surface area (Å²) in [5.74, 6) is 1.58. The maximum Gasteiger partial charge on any atom is 0.226 e. The molecule has 10 heteroatoms. The average Bonchev–Trinajstić information content (AvgIpc) is 3.13. The minimum atomic E-state index is -3.50. The number of fused-ring (bicyclic) bond motifs is 3. The summed E-state index contributed by atoms with van der Waals surface area (Å²) < 4.78 is 26.7. The zero-order chi connectivity index (χ0) is 24.1. The Morgan fingerprint density at radius 1 is 1.21 bits per heavy atom. The molecule has 3 aromatic rings. The van der Waals surface area contributed by atoms with E-state index < -0.39 is 15.9 Å². The van der Waals surface area contributed by atoms with E-state index in [0.717, 1.165) is 28.9 Å². The van der Waals surface area contributed by atoms with E-state index in [1.54, 1.807) is 18.3 Å². The number of imidazole rings is 1. The Bertz CT molecular complexity index is 1300. The second-order valence-corrected chi connectivity index (χ2v) is 11.0. The van der Waals surface area contributed by atoms with Gasteiger partial charge in [-0.3, -0.25) is 0 Å². The van der Waals surface area contributed by atoms with Gasteiger partial charge < -0.3 is 19.7 Å². The fraction of sp³-hybridized carbons (Fsp3) is 0.522. The van der Waals surface area contributed by atoms with Crippen molar-refractivity contribution in [1.82, 2.24) is 19.5 Å². The van der Waals surface area contributed by atoms with E-state index in [4.69, 9.17) is 9.97 Å². The fourth-order valence-corrected chi connectivity index (χ4v) is 5.59. The van der Waals surface area contributed by atoms with Gasteiger partial charge in [0.25, 0.3) is 0 Å². The zero-order valence-electron chi connectivity index (χ0n) is 19.6. The summed E-state index contributed by atoms with van der Waals surface area (Å²) in [6.07, 6.45) is 2.86. The summed E-state index contributed by atoms with van der Waals surface area (Å²) in [5.41, 5.74) is 3.24. The molecule has 0 saturated heterocycles. The van der Waals surface area contributed by atoms with E-state index in [1.807, 2.05) is 13.8 Å². The van der Waals surface area contributed by atoms with E-state index >= 15 is 0 Å². The van der Waals surface area contributed by atoms with Crippen LogP contribution < -0.4 is 4.90 Å². The molecule has 0 unspecified atom stereocenters. The van der Waals surface area contributed by atoms with Crippen LogP contribution in [0.4, 0.5) is 5.95 Å². The molecule has 0 radical (unpaired) electrons. The molecule has 0 amide bonds. The van der Waals surface area contributed by atoms with Crippen molar-refractivity contribution in [3.63, 3.8) is 0 Å². The molecule has 0 spiro atoms. The van der Waals surface area contributed by atoms with Crippen molar-refractivity contribution in [3.05, 3.63) is 41.0 Å². The molecule has 0 aliphatic carbocycles. The molecular formula is C23H31N5O4S. The number of aliphatic hydroxyl groups excluding tert-OH is 2. The van der Waals surface area contributed by atoms with Gasteiger partial charge >= 0.3 is 0 Å². The smallest absolute Gasteiger partial charge is 0.226 e. The van der Waals surface area contributed by atoms with E-state index in [-0.39, 0.29) is 23.5 Å². The Balaban J connectivity index is 1.83. The van der Waals surface area contributed by atoms with Crippen molar-refractivity contribution < 1.29 is 18.6 Å². The number of benzene rings is 1. The quantitative estimate of drug-likeness (QED) is 0.560. The first kappa shape index (κ1) is 23.6. The highest BCUT2D eigenvalue weighted by atomic mass is 32.2. The van der Waals surface area contributed by atoms with Crippen LogP contribution in [0.5, 0.6) is 0 Å². The van der Waals surface area contributed by atoms with Crippen LogP contribution in [0.1, 0.15) is 62.0 Å². The minimum Gasteiger partial charge on any atom is -0.392 e. The van der Waals surface area contributed by atoms with Crippen molar-refractivity contribution in [2.45, 2.75) is 64.3 Å². The third-order valence-electron chi connectivity index (χ3n) is 6.33. The lowest BCUT2D eigenvalue weighted by Crippen LogP contribution is -2.42. The molecule has 4 rings (SSSR count). The lowest BCUT2D eigenvalue weighted by Gasteiger charge is -2.38. The summed E-state index contributed by atoms with van der Waals surface area (Å²) in [5, 5.41) is 20.0. The van der Waals surface area contributed by atoms with E-state index in [9.17, 15) is 18.6 Å². The Kier molecular flexibility index (Phi) is 6.19. The van der Waals surface area contributed by atoms with Crippen LogP contribution in [-0.2, 0) is 23.0 Å². The molecule has 9 nitrogen and oxygen atoms in total. The molecule has 178 valence electrons. The standard InChI is InChI=1S/C23H31N5O4S/c1-6-19(30)16-11-24-23(25-14(16)4)28-8-7-27-18-10-20(33(5,31)32)15(12-29)9-17(18)26-22(27)21(28)13(2)3/h9-11,13,19,21,29-30H,6-8,12H2,1-5H3/t19-,21+/m1/s1. The van der Waals surface area contributed by atoms with Crippen molar-refractivity contribution in [3.8, 4) is 0 Å². The van der Waals surface area contributed by atoms with Crippen molar-refractivity contribution >= 4 is 26.8 Å². The Labute approximate surface area is 194 Å². The highest BCUT2D eigenvalue weighted by Crippen LogP contribution is 2.37. The predicted octanol–water partition coefficient (Wildman–Crippen LogP) is 2.69. The maximum absolute atomic E-state index is 12.3. The monoisotopic (exact) mass is 473 g/mol. The number of aryl methyl sites for hydroxylation is 1. The van der Waals surface area contributed by atoms with E-state index in [2.05, 4.69) is 28.3 Å². The van der Waals surface area contributed by atoms with Gasteiger partial charge in [0.05, 0.1) is 34.7 Å². The largest absolute Gasteiger partial charge is 0.392 e. The van der Waals surface area contributed by atoms with Crippen LogP contribution >= 0.6 is 0 Å². The van der Waals surface area contributed by atoms with Gasteiger partial charge in [-0.25, -0.2) is 23.4 Å². The average molecular weight is 474 g/mol. The van der Waals surface area contributed by atoms with E-state index in [1.165, 1.54) is 0 Å². The summed E-state index contributed by atoms with van der Waals surface area (Å²) in [4.78, 5) is 16.4. The number of aliphatic hydroxyl groups is 2. The van der Waals surface area contributed by atoms with Gasteiger partial charge in [0, 0.05) is 36.8 Å². The van der Waals surface area contributed by atoms with Gasteiger partial charge in [-0.15, -0.1) is 0 Å². The van der Waals surface area contributed by atoms with Gasteiger partial charge in [-0.1, -0.05) is 20.8 Å². The predicted molar refractivity (Wildman–Crippen MR) is 126 cm³/mol. The zero-order valence-corrected chi connectivity index (χ0v) is 20.5. The number of sulfone groups is 1. The lowest BCUT2D eigenvalue weighted by molar-refractivity contribution is 0.172. The third kappa shape index (κ3) is 4.11. The normalized spacial score (nSPS) is 17.6. The molecule has 2 N–H and O–H groups in total. The molecule has 0 fully saturated rings. The van der Waals surface area contributed by atoms with Gasteiger partial charge in [0.1, 0.15) is 5.82 Å². The molecule has 1 aliphatic heterocycles. The van der Waals surface area contributed by atoms with Gasteiger partial charge in [0.15, 0.2) is 9.84 Å². The Morgan fingerprint density at radius 2 is 1.94 bits per heavy atom. The van der Waals surface area contributed by atoms with Gasteiger partial charge in [0.2, 0.25) is 5.95 Å². The first-order valence-corrected chi connectivity index (χ1v) is 13.1. The molecule has 33 heavy (non-hydrogen) atoms. The molecule has 2 aromatic heterocycles. The Morgan fingerprint density at radius 3 is 2.52 bits per heavy atom. The van der Waals surface area contributed by atoms with Crippen LogP contribution in [0.2, 0.25) is 0 Å². The van der Waals surface area contributed by atoms with Crippen LogP contribution in [0.3, 0.4) is 0 Å². The van der Waals surface area contributed by atoms with Gasteiger partial charge in [-0.05, 0) is 37.0 Å². The SMILES string of the molecule is CC[C@@H](O)c1cnc(N2CCn3c(nc4cc(CO)c(S(C)(=O)=O)cc43)[C@@H]2C(C)C)nc1C. The lowest BCUT2D eigenvalue weighted by atomic mass is 10.00. The molecule has 3 heterocycles. The first-order valence-electron chi connectivity index (χ1n) is 11.2. The minimum absolute atomic E-state index is 0.119. The van der Waals surface area contributed by atoms with Gasteiger partial charge in [-0.2, -0.15) is 0 Å². The molecular weight excluding hydrogens is 442 g/mol. The second kappa shape index (κ2) is 8.66. The summed E-state index contributed by atoms with van der Waals surface area (Å²) >= 11 is 0. The van der Waals surface area contributed by atoms with Crippen molar-refractivity contribution in [2.24, 2.45) is 5.92 Å². The molecule has 1 aliphatic rings. The highest BCUT2D eigenvalue weighted by Gasteiger charge is 2.35. The van der Waals surface area contributed by atoms with Crippen LogP contribution in [0.15, 0.2) is 23.2 Å². The number of hydrogen-bond acceptors (Lipinski definition) is 8. The van der Waals surface area contributed by atoms with Crippen molar-refractivity contribution in [2.75, 3.05) is 17.7 Å². The molecule has 0 saturated carbocycles. The number of anilines is 1. The Hall–Kier alpha value is -2.56. The van der Waals surface area contributed by atoms with Crippen LogP contribution in [0, 0.1) is 12.8 Å². The highest BCUT2D eigenvalue weighted by molar-refractivity contribution is 7.90. The van der Waals surface area contributed by atoms with E-state index in [0.29, 0.717) is 36.5 Å². The fourth-order valence-electron chi connectivity index (χ4n) is 4.66. The number of hydrogen-bond donors (Lipinski definition) is 2. The second-order valence-electron chi connectivity index (χ2n) is 9.02. The third-order valence-corrected chi connectivity index (χ3v) is 7.51. The summed E-state index contributed by atoms with van der Waals surface area (Å²) in [6, 6.07) is 3.17. The summed E-state index contributed by atoms with van der Waals surface area (Å²) in [7, 11) is -3.50. The van der Waals surface area contributed by atoms with Crippen molar-refractivity contribution in [1.29, 1.82) is 0 Å². The number of nitrogens with zero attached hydrogens (tertiary/aromatic N) is 5. The van der Waals surface area contributed by atoms with Crippen LogP contribution in [-0.4, -0.2) is 51.0 Å². The summed E-state index contributed by atoms with van der Waals surface area (Å²) in [6.45, 7) is 8.87.